The zero-order valence-electron chi connectivity index (χ0n) is 11.7. The summed E-state index contributed by atoms with van der Waals surface area (Å²) in [4.78, 5) is 21.4. The van der Waals surface area contributed by atoms with Gasteiger partial charge in [-0.25, -0.2) is 4.39 Å². The third-order valence-corrected chi connectivity index (χ3v) is 3.02. The summed E-state index contributed by atoms with van der Waals surface area (Å²) in [6.07, 6.45) is 0. The molecule has 7 nitrogen and oxygen atoms in total. The smallest absolute Gasteiger partial charge is 0.276 e. The zero-order chi connectivity index (χ0) is 17.0. The third-order valence-electron chi connectivity index (χ3n) is 3.02. The van der Waals surface area contributed by atoms with E-state index in [1.807, 2.05) is 0 Å². The second-order valence-corrected chi connectivity index (χ2v) is 4.51. The molecule has 0 fully saturated rings. The Morgan fingerprint density at radius 3 is 2.65 bits per heavy atom. The molecule has 0 aliphatic heterocycles. The number of rotatable bonds is 5. The average molecular weight is 315 g/mol. The van der Waals surface area contributed by atoms with Crippen molar-refractivity contribution < 1.29 is 18.8 Å². The van der Waals surface area contributed by atoms with E-state index >= 15 is 0 Å². The fraction of sp³-hybridized carbons (Fsp3) is 0.0667. The van der Waals surface area contributed by atoms with Gasteiger partial charge < -0.3 is 10.5 Å². The van der Waals surface area contributed by atoms with Crippen molar-refractivity contribution in [3.8, 4) is 11.8 Å². The molecule has 0 aromatic heterocycles. The van der Waals surface area contributed by atoms with Gasteiger partial charge in [-0.05, 0) is 24.3 Å². The van der Waals surface area contributed by atoms with Crippen molar-refractivity contribution in [1.82, 2.24) is 0 Å². The van der Waals surface area contributed by atoms with Gasteiger partial charge in [-0.2, -0.15) is 5.26 Å². The highest BCUT2D eigenvalue weighted by molar-refractivity contribution is 5.93. The van der Waals surface area contributed by atoms with E-state index in [0.29, 0.717) is 0 Å². The molecule has 0 aliphatic carbocycles. The summed E-state index contributed by atoms with van der Waals surface area (Å²) in [6, 6.07) is 9.06. The van der Waals surface area contributed by atoms with E-state index in [0.717, 1.165) is 12.1 Å². The number of nitriles is 1. The second-order valence-electron chi connectivity index (χ2n) is 4.51. The van der Waals surface area contributed by atoms with Crippen molar-refractivity contribution in [2.45, 2.75) is 6.61 Å². The summed E-state index contributed by atoms with van der Waals surface area (Å²) < 4.78 is 18.8. The SMILES string of the molecule is N#Cc1ccc(OCc2ccc(C(N)=O)cc2[N+](=O)[O-])cc1F. The Morgan fingerprint density at radius 1 is 1.35 bits per heavy atom. The third kappa shape index (κ3) is 3.59. The van der Waals surface area contributed by atoms with E-state index in [1.54, 1.807) is 6.07 Å². The van der Waals surface area contributed by atoms with Crippen molar-refractivity contribution in [3.05, 3.63) is 69.0 Å². The molecule has 0 unspecified atom stereocenters. The number of primary amides is 1. The molecule has 0 aliphatic rings. The van der Waals surface area contributed by atoms with Gasteiger partial charge in [0.1, 0.15) is 24.2 Å². The molecule has 0 heterocycles. The van der Waals surface area contributed by atoms with Gasteiger partial charge in [-0.15, -0.1) is 0 Å². The van der Waals surface area contributed by atoms with Crippen LogP contribution in [0.1, 0.15) is 21.5 Å². The number of hydrogen-bond acceptors (Lipinski definition) is 5. The molecule has 1 amide bonds. The first kappa shape index (κ1) is 15.9. The molecule has 0 atom stereocenters. The van der Waals surface area contributed by atoms with Crippen LogP contribution in [-0.2, 0) is 6.61 Å². The first-order valence-corrected chi connectivity index (χ1v) is 6.32. The van der Waals surface area contributed by atoms with Crippen LogP contribution in [0.25, 0.3) is 0 Å². The minimum atomic E-state index is -0.783. The van der Waals surface area contributed by atoms with Gasteiger partial charge in [-0.3, -0.25) is 14.9 Å². The Labute approximate surface area is 129 Å². The van der Waals surface area contributed by atoms with Crippen LogP contribution in [0.5, 0.6) is 5.75 Å². The molecular formula is C15H10FN3O4. The number of carbonyl (C=O) groups excluding carboxylic acids is 1. The maximum Gasteiger partial charge on any atom is 0.276 e. The molecule has 0 saturated carbocycles. The summed E-state index contributed by atoms with van der Waals surface area (Å²) in [5.41, 5.74) is 4.83. The van der Waals surface area contributed by atoms with Gasteiger partial charge in [0.2, 0.25) is 5.91 Å². The summed E-state index contributed by atoms with van der Waals surface area (Å²) >= 11 is 0. The Balaban J connectivity index is 2.23. The van der Waals surface area contributed by atoms with Crippen LogP contribution in [0.15, 0.2) is 36.4 Å². The fourth-order valence-electron chi connectivity index (χ4n) is 1.85. The molecule has 0 spiro atoms. The van der Waals surface area contributed by atoms with Crippen molar-refractivity contribution in [2.75, 3.05) is 0 Å². The summed E-state index contributed by atoms with van der Waals surface area (Å²) in [6.45, 7) is -0.208. The van der Waals surface area contributed by atoms with Crippen LogP contribution in [0.3, 0.4) is 0 Å². The van der Waals surface area contributed by atoms with Crippen LogP contribution in [-0.4, -0.2) is 10.8 Å². The van der Waals surface area contributed by atoms with Gasteiger partial charge in [0, 0.05) is 17.7 Å². The fourth-order valence-corrected chi connectivity index (χ4v) is 1.85. The highest BCUT2D eigenvalue weighted by Crippen LogP contribution is 2.23. The largest absolute Gasteiger partial charge is 0.489 e. The normalized spacial score (nSPS) is 9.91. The Hall–Kier alpha value is -3.47. The highest BCUT2D eigenvalue weighted by atomic mass is 19.1. The molecular weight excluding hydrogens is 305 g/mol. The van der Waals surface area contributed by atoms with E-state index in [4.69, 9.17) is 15.7 Å². The maximum atomic E-state index is 13.5. The molecule has 0 radical (unpaired) electrons. The molecule has 2 N–H and O–H groups in total. The van der Waals surface area contributed by atoms with Crippen LogP contribution in [0.2, 0.25) is 0 Å². The first-order chi connectivity index (χ1) is 10.9. The van der Waals surface area contributed by atoms with Crippen molar-refractivity contribution in [1.29, 1.82) is 5.26 Å². The first-order valence-electron chi connectivity index (χ1n) is 6.32. The molecule has 116 valence electrons. The van der Waals surface area contributed by atoms with Crippen LogP contribution in [0, 0.1) is 27.3 Å². The van der Waals surface area contributed by atoms with Gasteiger partial charge in [0.15, 0.2) is 0 Å². The van der Waals surface area contributed by atoms with Gasteiger partial charge in [0.25, 0.3) is 5.69 Å². The molecule has 2 aromatic carbocycles. The molecule has 0 bridgehead atoms. The number of nitro groups is 1. The van der Waals surface area contributed by atoms with Crippen molar-refractivity contribution >= 4 is 11.6 Å². The molecule has 2 rings (SSSR count). The van der Waals surface area contributed by atoms with Crippen molar-refractivity contribution in [2.24, 2.45) is 5.73 Å². The molecule has 0 saturated heterocycles. The lowest BCUT2D eigenvalue weighted by atomic mass is 10.1. The van der Waals surface area contributed by atoms with E-state index in [1.165, 1.54) is 24.3 Å². The lowest BCUT2D eigenvalue weighted by Crippen LogP contribution is -2.12. The summed E-state index contributed by atoms with van der Waals surface area (Å²) in [5, 5.41) is 19.7. The molecule has 8 heteroatoms. The second kappa shape index (κ2) is 6.53. The highest BCUT2D eigenvalue weighted by Gasteiger charge is 2.17. The van der Waals surface area contributed by atoms with Gasteiger partial charge >= 0.3 is 0 Å². The van der Waals surface area contributed by atoms with Crippen LogP contribution >= 0.6 is 0 Å². The summed E-state index contributed by atoms with van der Waals surface area (Å²) in [5.74, 6) is -1.41. The predicted octanol–water partition coefficient (Wildman–Crippen LogP) is 2.28. The maximum absolute atomic E-state index is 13.5. The zero-order valence-corrected chi connectivity index (χ0v) is 11.7. The van der Waals surface area contributed by atoms with E-state index in [2.05, 4.69) is 0 Å². The summed E-state index contributed by atoms with van der Waals surface area (Å²) in [7, 11) is 0. The number of nitrogens with zero attached hydrogens (tertiary/aromatic N) is 2. The number of amides is 1. The Kier molecular flexibility index (Phi) is 4.52. The topological polar surface area (TPSA) is 119 Å². The standard InChI is InChI=1S/C15H10FN3O4/c16-13-6-12(4-3-10(13)7-17)23-8-11-2-1-9(15(18)20)5-14(11)19(21)22/h1-6H,8H2,(H2,18,20). The van der Waals surface area contributed by atoms with E-state index in [9.17, 15) is 19.3 Å². The minimum absolute atomic E-state index is 0.00451. The van der Waals surface area contributed by atoms with Crippen molar-refractivity contribution in [3.63, 3.8) is 0 Å². The monoisotopic (exact) mass is 315 g/mol. The predicted molar refractivity (Wildman–Crippen MR) is 77.1 cm³/mol. The van der Waals surface area contributed by atoms with Crippen LogP contribution < -0.4 is 10.5 Å². The lowest BCUT2D eigenvalue weighted by Gasteiger charge is -2.08. The average Bonchev–Trinajstić information content (AvgIpc) is 2.52. The molecule has 23 heavy (non-hydrogen) atoms. The lowest BCUT2D eigenvalue weighted by molar-refractivity contribution is -0.385. The van der Waals surface area contributed by atoms with Gasteiger partial charge in [-0.1, -0.05) is 0 Å². The number of ether oxygens (including phenoxy) is 1. The number of nitrogens with two attached hydrogens (primary N) is 1. The number of halogens is 1. The van der Waals surface area contributed by atoms with Crippen LogP contribution in [0.4, 0.5) is 10.1 Å². The number of nitro benzene ring substituents is 1. The number of hydrogen-bond donors (Lipinski definition) is 1. The minimum Gasteiger partial charge on any atom is -0.489 e. The Bertz CT molecular complexity index is 830. The van der Waals surface area contributed by atoms with E-state index in [-0.39, 0.29) is 34.7 Å². The van der Waals surface area contributed by atoms with Gasteiger partial charge in [0.05, 0.1) is 16.1 Å². The number of benzene rings is 2. The Morgan fingerprint density at radius 2 is 2.09 bits per heavy atom. The quantitative estimate of drug-likeness (QED) is 0.670. The number of carbonyl (C=O) groups is 1. The molecule has 2 aromatic rings. The van der Waals surface area contributed by atoms with E-state index < -0.39 is 16.6 Å².